The zero-order valence-electron chi connectivity index (χ0n) is 11.1. The van der Waals surface area contributed by atoms with E-state index in [1.54, 1.807) is 0 Å². The second-order valence-electron chi connectivity index (χ2n) is 4.66. The SMILES string of the molecule is C#Cc1ccc(-c2cc(-c3ccc(C)cc3)no2)cc1. The highest BCUT2D eigenvalue weighted by Crippen LogP contribution is 2.26. The van der Waals surface area contributed by atoms with Crippen LogP contribution in [0, 0.1) is 19.3 Å². The number of benzene rings is 2. The fourth-order valence-corrected chi connectivity index (χ4v) is 2.00. The minimum atomic E-state index is 0.740. The summed E-state index contributed by atoms with van der Waals surface area (Å²) in [5.74, 6) is 3.34. The first-order valence-electron chi connectivity index (χ1n) is 6.37. The monoisotopic (exact) mass is 259 g/mol. The molecule has 0 bridgehead atoms. The summed E-state index contributed by atoms with van der Waals surface area (Å²) in [7, 11) is 0. The maximum absolute atomic E-state index is 5.41. The third-order valence-electron chi connectivity index (χ3n) is 3.19. The summed E-state index contributed by atoms with van der Waals surface area (Å²) < 4.78 is 5.41. The number of terminal acetylenes is 1. The van der Waals surface area contributed by atoms with Crippen molar-refractivity contribution in [1.29, 1.82) is 0 Å². The molecule has 0 saturated carbocycles. The Morgan fingerprint density at radius 3 is 2.25 bits per heavy atom. The third kappa shape index (κ3) is 2.34. The number of rotatable bonds is 2. The van der Waals surface area contributed by atoms with Gasteiger partial charge in [0.15, 0.2) is 5.76 Å². The average Bonchev–Trinajstić information content (AvgIpc) is 2.98. The standard InChI is InChI=1S/C18H13NO/c1-3-14-6-10-16(11-7-14)18-12-17(19-20-18)15-8-4-13(2)5-9-15/h1,4-12H,2H3. The van der Waals surface area contributed by atoms with Crippen molar-refractivity contribution in [3.05, 3.63) is 65.7 Å². The Morgan fingerprint density at radius 2 is 1.60 bits per heavy atom. The Hall–Kier alpha value is -2.79. The smallest absolute Gasteiger partial charge is 0.167 e. The van der Waals surface area contributed by atoms with Crippen molar-refractivity contribution in [1.82, 2.24) is 5.16 Å². The second-order valence-corrected chi connectivity index (χ2v) is 4.66. The number of aryl methyl sites for hydroxylation is 1. The van der Waals surface area contributed by atoms with Gasteiger partial charge in [0.05, 0.1) is 0 Å². The maximum Gasteiger partial charge on any atom is 0.167 e. The number of hydrogen-bond donors (Lipinski definition) is 0. The molecule has 96 valence electrons. The zero-order chi connectivity index (χ0) is 13.9. The molecule has 0 amide bonds. The van der Waals surface area contributed by atoms with Gasteiger partial charge < -0.3 is 4.52 Å². The van der Waals surface area contributed by atoms with Crippen LogP contribution >= 0.6 is 0 Å². The van der Waals surface area contributed by atoms with Gasteiger partial charge in [-0.05, 0) is 31.2 Å². The fraction of sp³-hybridized carbons (Fsp3) is 0.0556. The van der Waals surface area contributed by atoms with Crippen molar-refractivity contribution in [3.8, 4) is 34.9 Å². The van der Waals surface area contributed by atoms with Crippen LogP contribution < -0.4 is 0 Å². The van der Waals surface area contributed by atoms with Crippen molar-refractivity contribution in [2.45, 2.75) is 6.92 Å². The molecule has 0 saturated heterocycles. The maximum atomic E-state index is 5.41. The average molecular weight is 259 g/mol. The Kier molecular flexibility index (Phi) is 3.10. The predicted octanol–water partition coefficient (Wildman–Crippen LogP) is 4.30. The fourth-order valence-electron chi connectivity index (χ4n) is 2.00. The molecule has 0 atom stereocenters. The van der Waals surface area contributed by atoms with E-state index < -0.39 is 0 Å². The van der Waals surface area contributed by atoms with Gasteiger partial charge in [-0.25, -0.2) is 0 Å². The van der Waals surface area contributed by atoms with E-state index in [-0.39, 0.29) is 0 Å². The summed E-state index contributed by atoms with van der Waals surface area (Å²) in [4.78, 5) is 0. The van der Waals surface area contributed by atoms with Crippen LogP contribution in [0.1, 0.15) is 11.1 Å². The van der Waals surface area contributed by atoms with Gasteiger partial charge in [0.1, 0.15) is 5.69 Å². The van der Waals surface area contributed by atoms with Gasteiger partial charge in [0.25, 0.3) is 0 Å². The largest absolute Gasteiger partial charge is 0.356 e. The van der Waals surface area contributed by atoms with E-state index >= 15 is 0 Å². The molecule has 0 aliphatic heterocycles. The van der Waals surface area contributed by atoms with Gasteiger partial charge in [-0.15, -0.1) is 6.42 Å². The lowest BCUT2D eigenvalue weighted by molar-refractivity contribution is 0.435. The van der Waals surface area contributed by atoms with Crippen molar-refractivity contribution < 1.29 is 4.52 Å². The molecule has 0 fully saturated rings. The minimum Gasteiger partial charge on any atom is -0.356 e. The second kappa shape index (κ2) is 5.07. The molecular weight excluding hydrogens is 246 g/mol. The third-order valence-corrected chi connectivity index (χ3v) is 3.19. The Morgan fingerprint density at radius 1 is 0.950 bits per heavy atom. The van der Waals surface area contributed by atoms with E-state index in [1.165, 1.54) is 5.56 Å². The summed E-state index contributed by atoms with van der Waals surface area (Å²) in [6, 6.07) is 17.8. The van der Waals surface area contributed by atoms with Crippen LogP contribution in [0.25, 0.3) is 22.6 Å². The first-order chi connectivity index (χ1) is 9.76. The molecule has 0 unspecified atom stereocenters. The van der Waals surface area contributed by atoms with Gasteiger partial charge in [-0.3, -0.25) is 0 Å². The van der Waals surface area contributed by atoms with Crippen molar-refractivity contribution >= 4 is 0 Å². The van der Waals surface area contributed by atoms with Crippen molar-refractivity contribution in [2.75, 3.05) is 0 Å². The van der Waals surface area contributed by atoms with Gasteiger partial charge in [0.2, 0.25) is 0 Å². The number of nitrogens with zero attached hydrogens (tertiary/aromatic N) is 1. The molecule has 0 N–H and O–H groups in total. The highest BCUT2D eigenvalue weighted by atomic mass is 16.5. The quantitative estimate of drug-likeness (QED) is 0.641. The van der Waals surface area contributed by atoms with E-state index in [2.05, 4.69) is 30.1 Å². The lowest BCUT2D eigenvalue weighted by Gasteiger charge is -1.96. The van der Waals surface area contributed by atoms with Crippen LogP contribution in [-0.2, 0) is 0 Å². The lowest BCUT2D eigenvalue weighted by Crippen LogP contribution is -1.77. The van der Waals surface area contributed by atoms with E-state index in [0.717, 1.165) is 28.1 Å². The topological polar surface area (TPSA) is 26.0 Å². The molecule has 3 aromatic rings. The molecule has 2 aromatic carbocycles. The molecule has 20 heavy (non-hydrogen) atoms. The van der Waals surface area contributed by atoms with Gasteiger partial charge >= 0.3 is 0 Å². The van der Waals surface area contributed by atoms with Gasteiger partial charge in [0, 0.05) is 22.8 Å². The number of aromatic nitrogens is 1. The molecule has 1 aromatic heterocycles. The summed E-state index contributed by atoms with van der Waals surface area (Å²) in [6.07, 6.45) is 5.35. The van der Waals surface area contributed by atoms with Crippen molar-refractivity contribution in [2.24, 2.45) is 0 Å². The van der Waals surface area contributed by atoms with E-state index in [0.29, 0.717) is 0 Å². The van der Waals surface area contributed by atoms with E-state index in [4.69, 9.17) is 10.9 Å². The molecular formula is C18H13NO. The van der Waals surface area contributed by atoms with Crippen LogP contribution in [0.15, 0.2) is 59.1 Å². The van der Waals surface area contributed by atoms with E-state index in [9.17, 15) is 0 Å². The molecule has 0 spiro atoms. The van der Waals surface area contributed by atoms with Crippen LogP contribution in [0.3, 0.4) is 0 Å². The lowest BCUT2D eigenvalue weighted by atomic mass is 10.1. The summed E-state index contributed by atoms with van der Waals surface area (Å²) in [6.45, 7) is 2.06. The van der Waals surface area contributed by atoms with Crippen LogP contribution in [-0.4, -0.2) is 5.16 Å². The molecule has 2 nitrogen and oxygen atoms in total. The van der Waals surface area contributed by atoms with Crippen molar-refractivity contribution in [3.63, 3.8) is 0 Å². The van der Waals surface area contributed by atoms with Gasteiger partial charge in [-0.1, -0.05) is 40.9 Å². The molecule has 0 radical (unpaired) electrons. The molecule has 0 aliphatic carbocycles. The summed E-state index contributed by atoms with van der Waals surface area (Å²) >= 11 is 0. The Labute approximate surface area is 118 Å². The molecule has 3 rings (SSSR count). The summed E-state index contributed by atoms with van der Waals surface area (Å²) in [5, 5.41) is 4.12. The first-order valence-corrected chi connectivity index (χ1v) is 6.37. The minimum absolute atomic E-state index is 0.740. The highest BCUT2D eigenvalue weighted by molar-refractivity contribution is 5.67. The zero-order valence-corrected chi connectivity index (χ0v) is 11.1. The van der Waals surface area contributed by atoms with E-state index in [1.807, 2.05) is 42.5 Å². The first kappa shape index (κ1) is 12.3. The molecule has 1 heterocycles. The van der Waals surface area contributed by atoms with Gasteiger partial charge in [-0.2, -0.15) is 0 Å². The van der Waals surface area contributed by atoms with Crippen LogP contribution in [0.5, 0.6) is 0 Å². The number of hydrogen-bond acceptors (Lipinski definition) is 2. The Bertz CT molecular complexity index is 758. The predicted molar refractivity (Wildman–Crippen MR) is 80.0 cm³/mol. The normalized spacial score (nSPS) is 10.2. The summed E-state index contributed by atoms with van der Waals surface area (Å²) in [5.41, 5.74) is 4.93. The van der Waals surface area contributed by atoms with Crippen LogP contribution in [0.4, 0.5) is 0 Å². The molecule has 0 aliphatic rings. The highest BCUT2D eigenvalue weighted by Gasteiger charge is 2.08. The Balaban J connectivity index is 1.93. The molecule has 2 heteroatoms. The van der Waals surface area contributed by atoms with Crippen LogP contribution in [0.2, 0.25) is 0 Å².